The van der Waals surface area contributed by atoms with Gasteiger partial charge < -0.3 is 5.32 Å². The Labute approximate surface area is 90.7 Å². The van der Waals surface area contributed by atoms with Gasteiger partial charge in [0.05, 0.1) is 0 Å². The fourth-order valence-corrected chi connectivity index (χ4v) is 1.59. The molecule has 0 heterocycles. The molecule has 0 fully saturated rings. The van der Waals surface area contributed by atoms with Gasteiger partial charge in [0.25, 0.3) is 0 Å². The van der Waals surface area contributed by atoms with Gasteiger partial charge in [0, 0.05) is 6.04 Å². The molecule has 0 aliphatic heterocycles. The Morgan fingerprint density at radius 2 is 1.71 bits per heavy atom. The maximum Gasteiger partial charge on any atom is 0.00902 e. The summed E-state index contributed by atoms with van der Waals surface area (Å²) >= 11 is 0. The van der Waals surface area contributed by atoms with Crippen LogP contribution in [-0.4, -0.2) is 12.6 Å². The molecule has 1 unspecified atom stereocenters. The summed E-state index contributed by atoms with van der Waals surface area (Å²) in [6.45, 7) is 15.0. The van der Waals surface area contributed by atoms with Crippen LogP contribution in [0.25, 0.3) is 0 Å². The van der Waals surface area contributed by atoms with Gasteiger partial charge in [0.15, 0.2) is 0 Å². The van der Waals surface area contributed by atoms with E-state index in [0.29, 0.717) is 11.5 Å². The standard InChI is InChI=1S/C13H29N/c1-7-10-14-12(11(2)3)8-9-13(4,5)6/h11-12,14H,7-10H2,1-6H3. The third-order valence-electron chi connectivity index (χ3n) is 2.67. The van der Waals surface area contributed by atoms with Crippen LogP contribution in [0.1, 0.15) is 60.8 Å². The summed E-state index contributed by atoms with van der Waals surface area (Å²) in [7, 11) is 0. The lowest BCUT2D eigenvalue weighted by Gasteiger charge is -2.26. The second-order valence-electron chi connectivity index (χ2n) is 5.90. The molecule has 0 radical (unpaired) electrons. The van der Waals surface area contributed by atoms with E-state index in [0.717, 1.165) is 12.5 Å². The van der Waals surface area contributed by atoms with Crippen molar-refractivity contribution in [2.24, 2.45) is 11.3 Å². The zero-order valence-corrected chi connectivity index (χ0v) is 11.0. The molecule has 0 aromatic rings. The average Bonchev–Trinajstić information content (AvgIpc) is 2.01. The SMILES string of the molecule is CCCNC(CCC(C)(C)C)C(C)C. The van der Waals surface area contributed by atoms with E-state index in [1.807, 2.05) is 0 Å². The Hall–Kier alpha value is -0.0400. The van der Waals surface area contributed by atoms with Crippen LogP contribution in [0.2, 0.25) is 0 Å². The third-order valence-corrected chi connectivity index (χ3v) is 2.67. The lowest BCUT2D eigenvalue weighted by molar-refractivity contribution is 0.296. The quantitative estimate of drug-likeness (QED) is 0.685. The van der Waals surface area contributed by atoms with Gasteiger partial charge in [0.1, 0.15) is 0 Å². The van der Waals surface area contributed by atoms with E-state index >= 15 is 0 Å². The summed E-state index contributed by atoms with van der Waals surface area (Å²) in [6.07, 6.45) is 3.85. The zero-order valence-electron chi connectivity index (χ0n) is 11.0. The van der Waals surface area contributed by atoms with Gasteiger partial charge in [0.2, 0.25) is 0 Å². The molecule has 0 saturated carbocycles. The van der Waals surface area contributed by atoms with Crippen LogP contribution in [0.15, 0.2) is 0 Å². The van der Waals surface area contributed by atoms with E-state index in [4.69, 9.17) is 0 Å². The van der Waals surface area contributed by atoms with Crippen LogP contribution in [0.3, 0.4) is 0 Å². The summed E-state index contributed by atoms with van der Waals surface area (Å²) < 4.78 is 0. The molecule has 0 spiro atoms. The van der Waals surface area contributed by atoms with E-state index in [2.05, 4.69) is 46.9 Å². The van der Waals surface area contributed by atoms with Crippen LogP contribution >= 0.6 is 0 Å². The van der Waals surface area contributed by atoms with Crippen molar-refractivity contribution in [2.45, 2.75) is 66.8 Å². The summed E-state index contributed by atoms with van der Waals surface area (Å²) in [6, 6.07) is 0.703. The first-order chi connectivity index (χ1) is 6.37. The summed E-state index contributed by atoms with van der Waals surface area (Å²) in [4.78, 5) is 0. The number of hydrogen-bond donors (Lipinski definition) is 1. The lowest BCUT2D eigenvalue weighted by Crippen LogP contribution is -2.35. The Morgan fingerprint density at radius 1 is 1.14 bits per heavy atom. The summed E-state index contributed by atoms with van der Waals surface area (Å²) in [5.74, 6) is 0.754. The molecular weight excluding hydrogens is 170 g/mol. The van der Waals surface area contributed by atoms with Crippen LogP contribution in [-0.2, 0) is 0 Å². The molecule has 0 amide bonds. The first-order valence-electron chi connectivity index (χ1n) is 6.10. The van der Waals surface area contributed by atoms with Crippen molar-refractivity contribution < 1.29 is 0 Å². The van der Waals surface area contributed by atoms with Gasteiger partial charge in [-0.05, 0) is 37.1 Å². The van der Waals surface area contributed by atoms with E-state index in [1.165, 1.54) is 19.3 Å². The Bertz CT molecular complexity index is 133. The van der Waals surface area contributed by atoms with E-state index in [9.17, 15) is 0 Å². The van der Waals surface area contributed by atoms with Gasteiger partial charge >= 0.3 is 0 Å². The number of hydrogen-bond acceptors (Lipinski definition) is 1. The monoisotopic (exact) mass is 199 g/mol. The second-order valence-corrected chi connectivity index (χ2v) is 5.90. The average molecular weight is 199 g/mol. The molecule has 1 atom stereocenters. The minimum atomic E-state index is 0.473. The molecule has 1 heteroatoms. The summed E-state index contributed by atoms with van der Waals surface area (Å²) in [5, 5.41) is 3.64. The van der Waals surface area contributed by atoms with Crippen molar-refractivity contribution >= 4 is 0 Å². The van der Waals surface area contributed by atoms with Crippen molar-refractivity contribution in [3.05, 3.63) is 0 Å². The first-order valence-corrected chi connectivity index (χ1v) is 6.10. The maximum atomic E-state index is 3.64. The molecule has 0 aromatic heterocycles. The van der Waals surface area contributed by atoms with Crippen LogP contribution in [0.5, 0.6) is 0 Å². The van der Waals surface area contributed by atoms with Crippen molar-refractivity contribution in [3.8, 4) is 0 Å². The fraction of sp³-hybridized carbons (Fsp3) is 1.00. The largest absolute Gasteiger partial charge is 0.314 e. The Kier molecular flexibility index (Phi) is 6.43. The minimum Gasteiger partial charge on any atom is -0.314 e. The molecule has 1 N–H and O–H groups in total. The molecule has 14 heavy (non-hydrogen) atoms. The smallest absolute Gasteiger partial charge is 0.00902 e. The van der Waals surface area contributed by atoms with Crippen LogP contribution in [0, 0.1) is 11.3 Å². The Balaban J connectivity index is 3.85. The third kappa shape index (κ3) is 7.37. The number of rotatable bonds is 6. The predicted octanol–water partition coefficient (Wildman–Crippen LogP) is 3.84. The van der Waals surface area contributed by atoms with E-state index < -0.39 is 0 Å². The molecule has 0 bridgehead atoms. The highest BCUT2D eigenvalue weighted by atomic mass is 14.9. The highest BCUT2D eigenvalue weighted by molar-refractivity contribution is 4.73. The molecule has 0 rings (SSSR count). The molecule has 0 aliphatic carbocycles. The number of nitrogens with one attached hydrogen (secondary N) is 1. The predicted molar refractivity (Wildman–Crippen MR) is 65.6 cm³/mol. The molecule has 0 aromatic carbocycles. The minimum absolute atomic E-state index is 0.473. The zero-order chi connectivity index (χ0) is 11.2. The van der Waals surface area contributed by atoms with Crippen molar-refractivity contribution in [2.75, 3.05) is 6.54 Å². The van der Waals surface area contributed by atoms with Gasteiger partial charge in [-0.3, -0.25) is 0 Å². The molecule has 0 aliphatic rings. The van der Waals surface area contributed by atoms with E-state index in [1.54, 1.807) is 0 Å². The lowest BCUT2D eigenvalue weighted by atomic mass is 9.86. The fourth-order valence-electron chi connectivity index (χ4n) is 1.59. The highest BCUT2D eigenvalue weighted by Gasteiger charge is 2.16. The molecular formula is C13H29N. The first kappa shape index (κ1) is 14.0. The highest BCUT2D eigenvalue weighted by Crippen LogP contribution is 2.23. The van der Waals surface area contributed by atoms with Crippen molar-refractivity contribution in [1.29, 1.82) is 0 Å². The Morgan fingerprint density at radius 3 is 2.07 bits per heavy atom. The van der Waals surface area contributed by atoms with Gasteiger partial charge in [-0.15, -0.1) is 0 Å². The second kappa shape index (κ2) is 6.44. The maximum absolute atomic E-state index is 3.64. The normalized spacial score (nSPS) is 14.8. The summed E-state index contributed by atoms with van der Waals surface area (Å²) in [5.41, 5.74) is 0.473. The van der Waals surface area contributed by atoms with Crippen molar-refractivity contribution in [1.82, 2.24) is 5.32 Å². The van der Waals surface area contributed by atoms with Crippen LogP contribution in [0.4, 0.5) is 0 Å². The molecule has 0 saturated heterocycles. The molecule has 1 nitrogen and oxygen atoms in total. The van der Waals surface area contributed by atoms with Gasteiger partial charge in [-0.1, -0.05) is 41.5 Å². The molecule has 86 valence electrons. The topological polar surface area (TPSA) is 12.0 Å². The van der Waals surface area contributed by atoms with Gasteiger partial charge in [-0.25, -0.2) is 0 Å². The van der Waals surface area contributed by atoms with Crippen LogP contribution < -0.4 is 5.32 Å². The van der Waals surface area contributed by atoms with Crippen molar-refractivity contribution in [3.63, 3.8) is 0 Å². The van der Waals surface area contributed by atoms with E-state index in [-0.39, 0.29) is 0 Å². The van der Waals surface area contributed by atoms with Gasteiger partial charge in [-0.2, -0.15) is 0 Å².